The first-order valence-corrected chi connectivity index (χ1v) is 3.17. The molecular formula is C5H10OS. The van der Waals surface area contributed by atoms with Crippen molar-refractivity contribution in [1.29, 1.82) is 0 Å². The lowest BCUT2D eigenvalue weighted by molar-refractivity contribution is 0.102. The number of hydrogen-bond donors (Lipinski definition) is 1. The summed E-state index contributed by atoms with van der Waals surface area (Å²) < 4.78 is 5.11. The van der Waals surface area contributed by atoms with Gasteiger partial charge in [0.2, 0.25) is 0 Å². The molecule has 0 amide bonds. The Morgan fingerprint density at radius 2 is 2.43 bits per heavy atom. The molecule has 1 atom stereocenters. The predicted octanol–water partition coefficient (Wildman–Crippen LogP) is 1.10. The predicted molar refractivity (Wildman–Crippen MR) is 32.8 cm³/mol. The molecule has 1 aliphatic heterocycles. The van der Waals surface area contributed by atoms with Gasteiger partial charge in [0.15, 0.2) is 0 Å². The van der Waals surface area contributed by atoms with Crippen LogP contribution in [-0.2, 0) is 4.74 Å². The van der Waals surface area contributed by atoms with Crippen LogP contribution in [0, 0.1) is 0 Å². The van der Waals surface area contributed by atoms with Gasteiger partial charge in [-0.1, -0.05) is 0 Å². The van der Waals surface area contributed by atoms with Crippen molar-refractivity contribution < 1.29 is 4.74 Å². The highest BCUT2D eigenvalue weighted by Gasteiger charge is 2.07. The fraction of sp³-hybridized carbons (Fsp3) is 1.00. The molecule has 0 aromatic rings. The number of rotatable bonds is 0. The molecule has 7 heavy (non-hydrogen) atoms. The van der Waals surface area contributed by atoms with Gasteiger partial charge in [-0.15, -0.1) is 0 Å². The average molecular weight is 118 g/mol. The smallest absolute Gasteiger partial charge is 0.0582 e. The maximum absolute atomic E-state index is 5.11. The molecule has 1 nitrogen and oxygen atoms in total. The van der Waals surface area contributed by atoms with Gasteiger partial charge in [-0.3, -0.25) is 0 Å². The Morgan fingerprint density at radius 3 is 2.71 bits per heavy atom. The topological polar surface area (TPSA) is 9.23 Å². The number of ether oxygens (including phenoxy) is 1. The molecule has 1 heterocycles. The van der Waals surface area contributed by atoms with Gasteiger partial charge in [-0.05, 0) is 12.8 Å². The zero-order chi connectivity index (χ0) is 5.11. The van der Waals surface area contributed by atoms with Crippen LogP contribution in [0.1, 0.15) is 12.8 Å². The van der Waals surface area contributed by atoms with Crippen molar-refractivity contribution in [2.45, 2.75) is 18.1 Å². The van der Waals surface area contributed by atoms with Crippen molar-refractivity contribution >= 4 is 12.6 Å². The van der Waals surface area contributed by atoms with Crippen LogP contribution in [0.25, 0.3) is 0 Å². The maximum Gasteiger partial charge on any atom is 0.0582 e. The van der Waals surface area contributed by atoms with Gasteiger partial charge in [-0.2, -0.15) is 12.6 Å². The van der Waals surface area contributed by atoms with Crippen molar-refractivity contribution in [3.05, 3.63) is 0 Å². The third-order valence-electron chi connectivity index (χ3n) is 1.14. The van der Waals surface area contributed by atoms with E-state index in [1.165, 1.54) is 12.8 Å². The lowest BCUT2D eigenvalue weighted by atomic mass is 10.2. The van der Waals surface area contributed by atoms with Crippen molar-refractivity contribution in [3.63, 3.8) is 0 Å². The standard InChI is InChI=1S/C5H10OS/c7-5-2-1-3-6-4-5/h5,7H,1-4H2/t5-/m0/s1. The van der Waals surface area contributed by atoms with E-state index in [4.69, 9.17) is 4.74 Å². The first kappa shape index (κ1) is 5.45. The Labute approximate surface area is 49.5 Å². The molecule has 1 fully saturated rings. The molecule has 0 aromatic heterocycles. The molecule has 0 spiro atoms. The van der Waals surface area contributed by atoms with E-state index in [2.05, 4.69) is 12.6 Å². The molecule has 0 bridgehead atoms. The lowest BCUT2D eigenvalue weighted by Gasteiger charge is -2.15. The molecule has 0 aliphatic carbocycles. The van der Waals surface area contributed by atoms with Crippen molar-refractivity contribution in [1.82, 2.24) is 0 Å². The highest BCUT2D eigenvalue weighted by Crippen LogP contribution is 2.10. The third kappa shape index (κ3) is 1.70. The van der Waals surface area contributed by atoms with Gasteiger partial charge in [0, 0.05) is 11.9 Å². The summed E-state index contributed by atoms with van der Waals surface area (Å²) in [7, 11) is 0. The fourth-order valence-electron chi connectivity index (χ4n) is 0.724. The van der Waals surface area contributed by atoms with Gasteiger partial charge in [-0.25, -0.2) is 0 Å². The van der Waals surface area contributed by atoms with E-state index in [0.717, 1.165) is 13.2 Å². The van der Waals surface area contributed by atoms with Crippen LogP contribution in [0.3, 0.4) is 0 Å². The summed E-state index contributed by atoms with van der Waals surface area (Å²) in [6.07, 6.45) is 2.41. The highest BCUT2D eigenvalue weighted by molar-refractivity contribution is 7.81. The second kappa shape index (κ2) is 2.58. The van der Waals surface area contributed by atoms with Gasteiger partial charge in [0.25, 0.3) is 0 Å². The summed E-state index contributed by atoms with van der Waals surface area (Å²) in [6, 6.07) is 0. The van der Waals surface area contributed by atoms with Crippen LogP contribution in [0.2, 0.25) is 0 Å². The van der Waals surface area contributed by atoms with Gasteiger partial charge >= 0.3 is 0 Å². The Hall–Kier alpha value is 0.310. The van der Waals surface area contributed by atoms with Gasteiger partial charge < -0.3 is 4.74 Å². The fourth-order valence-corrected chi connectivity index (χ4v) is 1.01. The second-order valence-electron chi connectivity index (χ2n) is 1.87. The largest absolute Gasteiger partial charge is 0.380 e. The number of hydrogen-bond acceptors (Lipinski definition) is 2. The van der Waals surface area contributed by atoms with Crippen molar-refractivity contribution in [3.8, 4) is 0 Å². The Morgan fingerprint density at radius 1 is 1.57 bits per heavy atom. The maximum atomic E-state index is 5.11. The molecule has 0 unspecified atom stereocenters. The lowest BCUT2D eigenvalue weighted by Crippen LogP contribution is -2.16. The molecule has 0 N–H and O–H groups in total. The molecule has 1 saturated heterocycles. The van der Waals surface area contributed by atoms with Crippen LogP contribution < -0.4 is 0 Å². The zero-order valence-corrected chi connectivity index (χ0v) is 5.16. The quantitative estimate of drug-likeness (QED) is 0.468. The minimum absolute atomic E-state index is 0.508. The van der Waals surface area contributed by atoms with Crippen LogP contribution >= 0.6 is 12.6 Å². The average Bonchev–Trinajstić information content (AvgIpc) is 1.69. The minimum Gasteiger partial charge on any atom is -0.380 e. The molecule has 0 aromatic carbocycles. The van der Waals surface area contributed by atoms with Crippen molar-refractivity contribution in [2.24, 2.45) is 0 Å². The summed E-state index contributed by atoms with van der Waals surface area (Å²) in [5.74, 6) is 0. The normalized spacial score (nSPS) is 33.0. The first-order chi connectivity index (χ1) is 3.39. The molecular weight excluding hydrogens is 108 g/mol. The monoisotopic (exact) mass is 118 g/mol. The molecule has 2 heteroatoms. The highest BCUT2D eigenvalue weighted by atomic mass is 32.1. The van der Waals surface area contributed by atoms with E-state index in [1.54, 1.807) is 0 Å². The number of thiol groups is 1. The Kier molecular flexibility index (Phi) is 2.00. The van der Waals surface area contributed by atoms with Crippen LogP contribution in [0.5, 0.6) is 0 Å². The summed E-state index contributed by atoms with van der Waals surface area (Å²) >= 11 is 4.24. The van der Waals surface area contributed by atoms with Gasteiger partial charge in [0.05, 0.1) is 6.61 Å². The summed E-state index contributed by atoms with van der Waals surface area (Å²) in [6.45, 7) is 1.79. The van der Waals surface area contributed by atoms with E-state index in [-0.39, 0.29) is 0 Å². The van der Waals surface area contributed by atoms with Gasteiger partial charge in [0.1, 0.15) is 0 Å². The summed E-state index contributed by atoms with van der Waals surface area (Å²) in [5.41, 5.74) is 0. The van der Waals surface area contributed by atoms with E-state index in [0.29, 0.717) is 5.25 Å². The molecule has 1 aliphatic rings. The molecule has 1 rings (SSSR count). The molecule has 0 saturated carbocycles. The summed E-state index contributed by atoms with van der Waals surface area (Å²) in [5, 5.41) is 0.508. The molecule has 0 radical (unpaired) electrons. The van der Waals surface area contributed by atoms with Crippen LogP contribution in [0.4, 0.5) is 0 Å². The molecule has 42 valence electrons. The Balaban J connectivity index is 2.12. The third-order valence-corrected chi connectivity index (χ3v) is 1.54. The Bertz CT molecular complexity index is 50.0. The van der Waals surface area contributed by atoms with E-state index < -0.39 is 0 Å². The van der Waals surface area contributed by atoms with Crippen LogP contribution in [0.15, 0.2) is 0 Å². The summed E-state index contributed by atoms with van der Waals surface area (Å²) in [4.78, 5) is 0. The second-order valence-corrected chi connectivity index (χ2v) is 2.60. The zero-order valence-electron chi connectivity index (χ0n) is 4.26. The van der Waals surface area contributed by atoms with E-state index >= 15 is 0 Å². The van der Waals surface area contributed by atoms with E-state index in [9.17, 15) is 0 Å². The first-order valence-electron chi connectivity index (χ1n) is 2.65. The SMILES string of the molecule is S[C@H]1CCCOC1. The van der Waals surface area contributed by atoms with Crippen LogP contribution in [-0.4, -0.2) is 18.5 Å². The van der Waals surface area contributed by atoms with E-state index in [1.807, 2.05) is 0 Å². The minimum atomic E-state index is 0.508. The van der Waals surface area contributed by atoms with Crippen molar-refractivity contribution in [2.75, 3.05) is 13.2 Å².